The Bertz CT molecular complexity index is 884. The zero-order chi connectivity index (χ0) is 20.6. The summed E-state index contributed by atoms with van der Waals surface area (Å²) in [5.74, 6) is 0.111. The molecular weight excluding hydrogens is 368 g/mol. The van der Waals surface area contributed by atoms with E-state index in [1.165, 1.54) is 17.9 Å². The predicted molar refractivity (Wildman–Crippen MR) is 108 cm³/mol. The Kier molecular flexibility index (Phi) is 4.23. The quantitative estimate of drug-likeness (QED) is 0.630. The van der Waals surface area contributed by atoms with Gasteiger partial charge in [0.05, 0.1) is 24.1 Å². The summed E-state index contributed by atoms with van der Waals surface area (Å²) in [4.78, 5) is 11.4. The number of hydrogen-bond donors (Lipinski definition) is 3. The predicted octanol–water partition coefficient (Wildman–Crippen LogP) is 3.13. The molecule has 158 valence electrons. The zero-order valence-electron chi connectivity index (χ0n) is 17.3. The average Bonchev–Trinajstić information content (AvgIpc) is 2.94. The van der Waals surface area contributed by atoms with Gasteiger partial charge >= 0.3 is 5.63 Å². The van der Waals surface area contributed by atoms with Gasteiger partial charge in [0.15, 0.2) is 0 Å². The van der Waals surface area contributed by atoms with Crippen LogP contribution in [-0.2, 0) is 0 Å². The van der Waals surface area contributed by atoms with Gasteiger partial charge in [0.25, 0.3) is 0 Å². The molecule has 5 nitrogen and oxygen atoms in total. The molecule has 1 aromatic rings. The second kappa shape index (κ2) is 6.29. The molecule has 0 spiro atoms. The van der Waals surface area contributed by atoms with Crippen LogP contribution in [0.5, 0.6) is 0 Å². The molecule has 29 heavy (non-hydrogen) atoms. The second-order valence-electron chi connectivity index (χ2n) is 10.5. The fourth-order valence-corrected chi connectivity index (χ4v) is 7.89. The minimum Gasteiger partial charge on any atom is -0.431 e. The summed E-state index contributed by atoms with van der Waals surface area (Å²) in [6.45, 7) is 4.35. The van der Waals surface area contributed by atoms with Crippen LogP contribution in [0.3, 0.4) is 0 Å². The Morgan fingerprint density at radius 2 is 1.90 bits per heavy atom. The lowest BCUT2D eigenvalue weighted by Gasteiger charge is -2.63. The molecule has 0 radical (unpaired) electrons. The number of allylic oxidation sites excluding steroid dienone is 1. The third-order valence-corrected chi connectivity index (χ3v) is 9.34. The maximum Gasteiger partial charge on any atom is 0.335 e. The van der Waals surface area contributed by atoms with Gasteiger partial charge in [0.1, 0.15) is 0 Å². The minimum atomic E-state index is -0.845. The van der Waals surface area contributed by atoms with Gasteiger partial charge in [-0.15, -0.1) is 0 Å². The number of rotatable bonds is 1. The molecule has 8 atom stereocenters. The first kappa shape index (κ1) is 19.5. The van der Waals surface area contributed by atoms with Crippen molar-refractivity contribution in [1.82, 2.24) is 0 Å². The van der Waals surface area contributed by atoms with E-state index in [0.29, 0.717) is 12.8 Å². The summed E-state index contributed by atoms with van der Waals surface area (Å²) >= 11 is 0. The molecule has 0 aliphatic heterocycles. The summed E-state index contributed by atoms with van der Waals surface area (Å²) in [6, 6.07) is 3.27. The van der Waals surface area contributed by atoms with Crippen molar-refractivity contribution in [2.45, 2.75) is 82.5 Å². The molecule has 3 saturated carbocycles. The van der Waals surface area contributed by atoms with Crippen molar-refractivity contribution in [1.29, 1.82) is 0 Å². The van der Waals surface area contributed by atoms with Gasteiger partial charge in [-0.25, -0.2) is 4.79 Å². The third kappa shape index (κ3) is 2.53. The average molecular weight is 401 g/mol. The fraction of sp³-hybridized carbons (Fsp3) is 0.708. The molecule has 3 N–H and O–H groups in total. The van der Waals surface area contributed by atoms with E-state index in [4.69, 9.17) is 4.42 Å². The summed E-state index contributed by atoms with van der Waals surface area (Å²) < 4.78 is 5.13. The van der Waals surface area contributed by atoms with E-state index in [1.54, 1.807) is 0 Å². The van der Waals surface area contributed by atoms with Crippen LogP contribution in [0.15, 0.2) is 39.3 Å². The molecule has 0 saturated heterocycles. The van der Waals surface area contributed by atoms with E-state index in [1.807, 2.05) is 12.1 Å². The van der Waals surface area contributed by atoms with Crippen molar-refractivity contribution in [2.75, 3.05) is 0 Å². The highest BCUT2D eigenvalue weighted by atomic mass is 16.4. The molecule has 1 aromatic heterocycles. The van der Waals surface area contributed by atoms with Crippen molar-refractivity contribution >= 4 is 0 Å². The molecule has 5 heteroatoms. The minimum absolute atomic E-state index is 0.0144. The molecule has 0 amide bonds. The topological polar surface area (TPSA) is 90.9 Å². The molecule has 0 unspecified atom stereocenters. The standard InChI is InChI=1S/C24H32O5/c1-22-9-7-16(25)11-15(22)4-5-18-21(22)19(26)12-23(2)17(8-10-24(18,23)28)14-3-6-20(27)29-13-14/h3,6,11,13,16-19,21,25-26,28H,4-5,7-10,12H2,1-2H3/t16-,17-,18-,19+,21-,22+,23-,24+/m1/s1. The highest BCUT2D eigenvalue weighted by Gasteiger charge is 2.69. The first-order valence-corrected chi connectivity index (χ1v) is 11.1. The van der Waals surface area contributed by atoms with Gasteiger partial charge in [-0.1, -0.05) is 25.5 Å². The summed E-state index contributed by atoms with van der Waals surface area (Å²) in [5, 5.41) is 33.7. The Labute approximate surface area is 171 Å². The van der Waals surface area contributed by atoms with E-state index in [0.717, 1.165) is 37.7 Å². The number of aliphatic hydroxyl groups excluding tert-OH is 2. The lowest BCUT2D eigenvalue weighted by atomic mass is 9.44. The van der Waals surface area contributed by atoms with E-state index in [-0.39, 0.29) is 34.9 Å². The molecule has 5 rings (SSSR count). The molecule has 0 aromatic carbocycles. The highest BCUT2D eigenvalue weighted by Crippen LogP contribution is 2.70. The van der Waals surface area contributed by atoms with Gasteiger partial charge in [-0.05, 0) is 79.7 Å². The third-order valence-electron chi connectivity index (χ3n) is 9.34. The van der Waals surface area contributed by atoms with Crippen molar-refractivity contribution in [3.05, 3.63) is 46.0 Å². The molecule has 0 bridgehead atoms. The molecule has 4 aliphatic carbocycles. The van der Waals surface area contributed by atoms with Crippen LogP contribution in [-0.4, -0.2) is 33.1 Å². The lowest BCUT2D eigenvalue weighted by Crippen LogP contribution is -2.64. The van der Waals surface area contributed by atoms with E-state index >= 15 is 0 Å². The smallest absolute Gasteiger partial charge is 0.335 e. The number of hydrogen-bond acceptors (Lipinski definition) is 5. The number of fused-ring (bicyclic) bond motifs is 5. The van der Waals surface area contributed by atoms with Crippen molar-refractivity contribution in [3.63, 3.8) is 0 Å². The SMILES string of the molecule is C[C@]12CC[C@@H](O)C=C1CC[C@@H]1[C@@H]2[C@@H](O)C[C@]2(C)[C@@H](c3ccc(=O)oc3)CC[C@]12O. The van der Waals surface area contributed by atoms with E-state index < -0.39 is 17.1 Å². The van der Waals surface area contributed by atoms with Crippen LogP contribution in [0.4, 0.5) is 0 Å². The normalized spacial score (nSPS) is 49.0. The van der Waals surface area contributed by atoms with Crippen LogP contribution in [0.25, 0.3) is 0 Å². The first-order chi connectivity index (χ1) is 13.7. The van der Waals surface area contributed by atoms with Crippen LogP contribution >= 0.6 is 0 Å². The Morgan fingerprint density at radius 3 is 2.62 bits per heavy atom. The lowest BCUT2D eigenvalue weighted by molar-refractivity contribution is -0.214. The van der Waals surface area contributed by atoms with Crippen molar-refractivity contribution < 1.29 is 19.7 Å². The van der Waals surface area contributed by atoms with Crippen LogP contribution in [0, 0.1) is 22.7 Å². The molecule has 4 aliphatic rings. The zero-order valence-corrected chi connectivity index (χ0v) is 17.3. The van der Waals surface area contributed by atoms with Gasteiger partial charge in [0.2, 0.25) is 0 Å². The monoisotopic (exact) mass is 400 g/mol. The summed E-state index contributed by atoms with van der Waals surface area (Å²) in [6.07, 6.45) is 8.05. The maximum atomic E-state index is 12.2. The fourth-order valence-electron chi connectivity index (χ4n) is 7.89. The van der Waals surface area contributed by atoms with Crippen molar-refractivity contribution in [3.8, 4) is 0 Å². The van der Waals surface area contributed by atoms with Gasteiger partial charge < -0.3 is 19.7 Å². The van der Waals surface area contributed by atoms with Crippen LogP contribution in [0.2, 0.25) is 0 Å². The van der Waals surface area contributed by atoms with Crippen molar-refractivity contribution in [2.24, 2.45) is 22.7 Å². The second-order valence-corrected chi connectivity index (χ2v) is 10.5. The Morgan fingerprint density at radius 1 is 1.10 bits per heavy atom. The summed E-state index contributed by atoms with van der Waals surface area (Å²) in [7, 11) is 0. The van der Waals surface area contributed by atoms with Gasteiger partial charge in [-0.2, -0.15) is 0 Å². The first-order valence-electron chi connectivity index (χ1n) is 11.1. The molecular formula is C24H32O5. The Hall–Kier alpha value is -1.43. The molecule has 1 heterocycles. The van der Waals surface area contributed by atoms with Gasteiger partial charge in [-0.3, -0.25) is 0 Å². The highest BCUT2D eigenvalue weighted by molar-refractivity contribution is 5.32. The van der Waals surface area contributed by atoms with E-state index in [2.05, 4.69) is 13.8 Å². The maximum absolute atomic E-state index is 12.2. The van der Waals surface area contributed by atoms with Crippen LogP contribution < -0.4 is 5.63 Å². The Balaban J connectivity index is 1.55. The van der Waals surface area contributed by atoms with E-state index in [9.17, 15) is 20.1 Å². The summed E-state index contributed by atoms with van der Waals surface area (Å²) in [5.41, 5.74) is 0.382. The van der Waals surface area contributed by atoms with Gasteiger partial charge in [0, 0.05) is 11.5 Å². The van der Waals surface area contributed by atoms with Crippen LogP contribution in [0.1, 0.15) is 70.3 Å². The molecule has 3 fully saturated rings. The largest absolute Gasteiger partial charge is 0.431 e. The number of aliphatic hydroxyl groups is 3.